The molecule has 2 heterocycles. The van der Waals surface area contributed by atoms with Gasteiger partial charge in [0.25, 0.3) is 0 Å². The van der Waals surface area contributed by atoms with Crippen LogP contribution in [-0.4, -0.2) is 48.0 Å². The van der Waals surface area contributed by atoms with Crippen LogP contribution in [0, 0.1) is 5.92 Å². The number of hydrogen-bond donors (Lipinski definition) is 1. The van der Waals surface area contributed by atoms with Crippen LogP contribution in [0.2, 0.25) is 0 Å². The Hall–Kier alpha value is -3.13. The predicted molar refractivity (Wildman–Crippen MR) is 132 cm³/mol. The highest BCUT2D eigenvalue weighted by Gasteiger charge is 2.30. The number of fused-ring (bicyclic) bond motifs is 3. The molecule has 2 aromatic rings. The third-order valence-electron chi connectivity index (χ3n) is 6.50. The third kappa shape index (κ3) is 5.75. The fraction of sp³-hybridized carbons (Fsp3) is 0.519. The van der Waals surface area contributed by atoms with Crippen molar-refractivity contribution in [2.45, 2.75) is 65.5 Å². The molecule has 1 unspecified atom stereocenters. The summed E-state index contributed by atoms with van der Waals surface area (Å²) in [6, 6.07) is 4.87. The topological polar surface area (TPSA) is 104 Å². The summed E-state index contributed by atoms with van der Waals surface area (Å²) < 4.78 is 18.7. The number of methoxy groups -OCH3 is 1. The molecule has 1 aliphatic heterocycles. The molecule has 1 atom stereocenters. The Morgan fingerprint density at radius 1 is 1.11 bits per heavy atom. The molecule has 0 fully saturated rings. The second-order valence-corrected chi connectivity index (χ2v) is 9.21. The third-order valence-corrected chi connectivity index (χ3v) is 6.50. The summed E-state index contributed by atoms with van der Waals surface area (Å²) in [5.41, 5.74) is 1.68. The number of carboxylic acid groups (broad SMARTS) is 1. The summed E-state index contributed by atoms with van der Waals surface area (Å²) in [6.45, 7) is 8.96. The van der Waals surface area contributed by atoms with Crippen LogP contribution >= 0.6 is 0 Å². The number of carbonyl (C=O) groups is 2. The largest absolute Gasteiger partial charge is 0.493 e. The van der Waals surface area contributed by atoms with Gasteiger partial charge >= 0.3 is 11.9 Å². The summed E-state index contributed by atoms with van der Waals surface area (Å²) >= 11 is 0. The number of ether oxygens (including phenoxy) is 3. The van der Waals surface area contributed by atoms with Crippen molar-refractivity contribution in [1.29, 1.82) is 0 Å². The standard InChI is InChI=1S/C27H35NO7/c1-6-18(7-2)35-27(32)20-13-19-17(12-25(20)34-10-8-9-33-5)11-22(16(3)4)28-15-21(26(30)31)24(29)14-23(19)28/h12-16,18,22H,6-11H2,1-5H3,(H,30,31). The van der Waals surface area contributed by atoms with E-state index in [4.69, 9.17) is 14.2 Å². The zero-order valence-corrected chi connectivity index (χ0v) is 21.1. The first-order chi connectivity index (χ1) is 16.7. The van der Waals surface area contributed by atoms with E-state index in [2.05, 4.69) is 13.8 Å². The number of nitrogens with zero attached hydrogens (tertiary/aromatic N) is 1. The van der Waals surface area contributed by atoms with Crippen molar-refractivity contribution >= 4 is 11.9 Å². The Balaban J connectivity index is 2.15. The number of rotatable bonds is 11. The van der Waals surface area contributed by atoms with Crippen molar-refractivity contribution in [3.63, 3.8) is 0 Å². The zero-order chi connectivity index (χ0) is 25.7. The Kier molecular flexibility index (Phi) is 8.72. The molecule has 0 bridgehead atoms. The van der Waals surface area contributed by atoms with Gasteiger partial charge in [-0.2, -0.15) is 0 Å². The molecule has 1 aliphatic rings. The van der Waals surface area contributed by atoms with Crippen LogP contribution in [0.1, 0.15) is 79.3 Å². The molecule has 0 amide bonds. The molecule has 0 saturated heterocycles. The summed E-state index contributed by atoms with van der Waals surface area (Å²) in [5.74, 6) is -1.12. The lowest BCUT2D eigenvalue weighted by Crippen LogP contribution is -2.28. The average Bonchev–Trinajstić information content (AvgIpc) is 2.83. The molecule has 0 aliphatic carbocycles. The highest BCUT2D eigenvalue weighted by atomic mass is 16.5. The lowest BCUT2D eigenvalue weighted by molar-refractivity contribution is 0.0279. The van der Waals surface area contributed by atoms with Crippen molar-refractivity contribution in [3.8, 4) is 17.0 Å². The lowest BCUT2D eigenvalue weighted by Gasteiger charge is -2.34. The number of aromatic carboxylic acids is 1. The number of carbonyl (C=O) groups excluding carboxylic acids is 1. The van der Waals surface area contributed by atoms with Crippen molar-refractivity contribution in [2.24, 2.45) is 5.92 Å². The quantitative estimate of drug-likeness (QED) is 0.362. The van der Waals surface area contributed by atoms with Gasteiger partial charge in [0.15, 0.2) is 5.43 Å². The molecule has 0 radical (unpaired) electrons. The normalized spacial score (nSPS) is 14.5. The molecule has 35 heavy (non-hydrogen) atoms. The predicted octanol–water partition coefficient (Wildman–Crippen LogP) is 4.73. The van der Waals surface area contributed by atoms with Crippen LogP contribution in [0.15, 0.2) is 29.2 Å². The van der Waals surface area contributed by atoms with Gasteiger partial charge in [-0.1, -0.05) is 27.7 Å². The highest BCUT2D eigenvalue weighted by Crippen LogP contribution is 2.40. The molecule has 1 aromatic heterocycles. The van der Waals surface area contributed by atoms with E-state index in [0.717, 1.165) is 5.56 Å². The molecule has 3 rings (SSSR count). The van der Waals surface area contributed by atoms with E-state index in [1.807, 2.05) is 24.5 Å². The summed E-state index contributed by atoms with van der Waals surface area (Å²) in [5, 5.41) is 9.49. The molecule has 8 heteroatoms. The first-order valence-electron chi connectivity index (χ1n) is 12.2. The van der Waals surface area contributed by atoms with Crippen LogP contribution in [0.3, 0.4) is 0 Å². The first kappa shape index (κ1) is 26.5. The fourth-order valence-electron chi connectivity index (χ4n) is 4.44. The molecular formula is C27H35NO7. The number of esters is 1. The maximum Gasteiger partial charge on any atom is 0.342 e. The van der Waals surface area contributed by atoms with Gasteiger partial charge in [-0.05, 0) is 42.9 Å². The number of hydrogen-bond acceptors (Lipinski definition) is 6. The molecule has 190 valence electrons. The molecule has 1 aromatic carbocycles. The molecular weight excluding hydrogens is 450 g/mol. The van der Waals surface area contributed by atoms with Gasteiger partial charge in [0.1, 0.15) is 23.0 Å². The van der Waals surface area contributed by atoms with Gasteiger partial charge in [0, 0.05) is 44.0 Å². The van der Waals surface area contributed by atoms with Crippen LogP contribution in [0.4, 0.5) is 0 Å². The fourth-order valence-corrected chi connectivity index (χ4v) is 4.44. The molecule has 0 saturated carbocycles. The second kappa shape index (κ2) is 11.5. The average molecular weight is 486 g/mol. The van der Waals surface area contributed by atoms with Gasteiger partial charge in [-0.15, -0.1) is 0 Å². The molecule has 8 nitrogen and oxygen atoms in total. The number of aromatic nitrogens is 1. The SMILES string of the molecule is CCC(CC)OC(=O)c1cc2c(cc1OCCCOC)CC(C(C)C)n1cc(C(=O)O)c(=O)cc1-2. The van der Waals surface area contributed by atoms with Crippen molar-refractivity contribution in [3.05, 3.63) is 51.3 Å². The van der Waals surface area contributed by atoms with Crippen LogP contribution < -0.4 is 10.2 Å². The minimum Gasteiger partial charge on any atom is -0.493 e. The first-order valence-corrected chi connectivity index (χ1v) is 12.2. The number of carboxylic acids is 1. The van der Waals surface area contributed by atoms with Crippen molar-refractivity contribution < 1.29 is 28.9 Å². The van der Waals surface area contributed by atoms with E-state index in [1.165, 1.54) is 12.3 Å². The Morgan fingerprint density at radius 2 is 1.83 bits per heavy atom. The van der Waals surface area contributed by atoms with Crippen LogP contribution in [0.5, 0.6) is 5.75 Å². The summed E-state index contributed by atoms with van der Waals surface area (Å²) in [6.07, 6.45) is 3.88. The highest BCUT2D eigenvalue weighted by molar-refractivity contribution is 5.95. The van der Waals surface area contributed by atoms with Crippen LogP contribution in [-0.2, 0) is 15.9 Å². The van der Waals surface area contributed by atoms with E-state index >= 15 is 0 Å². The van der Waals surface area contributed by atoms with E-state index < -0.39 is 17.4 Å². The minimum absolute atomic E-state index is 0.0556. The smallest absolute Gasteiger partial charge is 0.342 e. The van der Waals surface area contributed by atoms with Crippen molar-refractivity contribution in [2.75, 3.05) is 20.3 Å². The minimum atomic E-state index is -1.26. The van der Waals surface area contributed by atoms with Gasteiger partial charge in [0.05, 0.1) is 12.3 Å². The maximum absolute atomic E-state index is 13.2. The summed E-state index contributed by atoms with van der Waals surface area (Å²) in [7, 11) is 1.62. The monoisotopic (exact) mass is 485 g/mol. The number of benzene rings is 1. The van der Waals surface area contributed by atoms with Crippen molar-refractivity contribution in [1.82, 2.24) is 4.57 Å². The van der Waals surface area contributed by atoms with E-state index in [0.29, 0.717) is 55.9 Å². The van der Waals surface area contributed by atoms with Crippen LogP contribution in [0.25, 0.3) is 11.3 Å². The summed E-state index contributed by atoms with van der Waals surface area (Å²) in [4.78, 5) is 37.4. The Labute approximate surface area is 205 Å². The molecule has 1 N–H and O–H groups in total. The Bertz CT molecular complexity index is 1130. The van der Waals surface area contributed by atoms with Gasteiger partial charge < -0.3 is 23.9 Å². The van der Waals surface area contributed by atoms with E-state index in [-0.39, 0.29) is 29.2 Å². The lowest BCUT2D eigenvalue weighted by atomic mass is 9.86. The van der Waals surface area contributed by atoms with Gasteiger partial charge in [-0.3, -0.25) is 4.79 Å². The maximum atomic E-state index is 13.2. The number of pyridine rings is 1. The zero-order valence-electron chi connectivity index (χ0n) is 21.1. The van der Waals surface area contributed by atoms with E-state index in [1.54, 1.807) is 13.2 Å². The van der Waals surface area contributed by atoms with Gasteiger partial charge in [-0.25, -0.2) is 9.59 Å². The second-order valence-electron chi connectivity index (χ2n) is 9.21. The van der Waals surface area contributed by atoms with Gasteiger partial charge in [0.2, 0.25) is 0 Å². The Morgan fingerprint density at radius 3 is 2.43 bits per heavy atom. The molecule has 0 spiro atoms. The van der Waals surface area contributed by atoms with E-state index in [9.17, 15) is 19.5 Å².